The van der Waals surface area contributed by atoms with Gasteiger partial charge in [0.05, 0.1) is 35.6 Å². The Bertz CT molecular complexity index is 1160. The minimum Gasteiger partial charge on any atom is -0.507 e. The lowest BCUT2D eigenvalue weighted by Gasteiger charge is -2.57. The van der Waals surface area contributed by atoms with Crippen LogP contribution in [0.5, 0.6) is 5.75 Å². The summed E-state index contributed by atoms with van der Waals surface area (Å²) in [7, 11) is 0. The minimum absolute atomic E-state index is 0.224. The van der Waals surface area contributed by atoms with Gasteiger partial charge in [0.2, 0.25) is 0 Å². The Labute approximate surface area is 169 Å². The summed E-state index contributed by atoms with van der Waals surface area (Å²) in [5, 5.41) is 30.0. The third-order valence-corrected chi connectivity index (χ3v) is 6.22. The van der Waals surface area contributed by atoms with Crippen LogP contribution in [0.15, 0.2) is 24.4 Å². The lowest BCUT2D eigenvalue weighted by molar-refractivity contribution is -0.226. The molecule has 158 valence electrons. The van der Waals surface area contributed by atoms with Crippen LogP contribution in [0, 0.1) is 13.8 Å². The van der Waals surface area contributed by atoms with Gasteiger partial charge in [-0.2, -0.15) is 13.2 Å². The van der Waals surface area contributed by atoms with Crippen LogP contribution in [0.4, 0.5) is 13.2 Å². The Balaban J connectivity index is 1.60. The molecule has 6 nitrogen and oxygen atoms in total. The van der Waals surface area contributed by atoms with Crippen molar-refractivity contribution in [2.45, 2.75) is 44.0 Å². The zero-order valence-electron chi connectivity index (χ0n) is 16.4. The summed E-state index contributed by atoms with van der Waals surface area (Å²) in [6.45, 7) is 4.21. The third kappa shape index (κ3) is 2.72. The van der Waals surface area contributed by atoms with Gasteiger partial charge in [0.25, 0.3) is 0 Å². The van der Waals surface area contributed by atoms with Crippen LogP contribution in [0.25, 0.3) is 22.3 Å². The summed E-state index contributed by atoms with van der Waals surface area (Å²) in [4.78, 5) is 0. The molecule has 2 bridgehead atoms. The first-order valence-corrected chi connectivity index (χ1v) is 9.59. The average Bonchev–Trinajstić information content (AvgIpc) is 2.96. The Morgan fingerprint density at radius 1 is 1.07 bits per heavy atom. The molecule has 0 atom stereocenters. The summed E-state index contributed by atoms with van der Waals surface area (Å²) in [6, 6.07) is 3.43. The van der Waals surface area contributed by atoms with E-state index in [9.17, 15) is 23.4 Å². The van der Waals surface area contributed by atoms with Crippen molar-refractivity contribution in [2.75, 3.05) is 13.2 Å². The second kappa shape index (κ2) is 5.95. The smallest absolute Gasteiger partial charge is 0.416 e. The van der Waals surface area contributed by atoms with E-state index in [0.717, 1.165) is 17.0 Å². The van der Waals surface area contributed by atoms with Crippen LogP contribution in [0.2, 0.25) is 0 Å². The van der Waals surface area contributed by atoms with Crippen molar-refractivity contribution in [1.29, 1.82) is 0 Å². The highest BCUT2D eigenvalue weighted by molar-refractivity contribution is 5.85. The van der Waals surface area contributed by atoms with E-state index in [1.54, 1.807) is 6.07 Å². The van der Waals surface area contributed by atoms with Gasteiger partial charge < -0.3 is 19.5 Å². The number of ether oxygens (including phenoxy) is 1. The first kappa shape index (κ1) is 19.3. The Morgan fingerprint density at radius 3 is 2.43 bits per heavy atom. The van der Waals surface area contributed by atoms with E-state index in [1.165, 1.54) is 6.92 Å². The van der Waals surface area contributed by atoms with E-state index in [4.69, 9.17) is 4.74 Å². The summed E-state index contributed by atoms with van der Waals surface area (Å²) >= 11 is 0. The third-order valence-electron chi connectivity index (χ3n) is 6.22. The molecule has 2 saturated heterocycles. The van der Waals surface area contributed by atoms with Crippen molar-refractivity contribution in [3.05, 3.63) is 41.1 Å². The van der Waals surface area contributed by atoms with Crippen molar-refractivity contribution >= 4 is 11.0 Å². The fraction of sp³-hybridized carbons (Fsp3) is 0.429. The van der Waals surface area contributed by atoms with Crippen molar-refractivity contribution < 1.29 is 28.1 Å². The molecule has 3 aliphatic rings. The van der Waals surface area contributed by atoms with Gasteiger partial charge in [-0.05, 0) is 43.2 Å². The van der Waals surface area contributed by atoms with Crippen molar-refractivity contribution in [3.63, 3.8) is 0 Å². The Morgan fingerprint density at radius 2 is 1.80 bits per heavy atom. The first-order valence-electron chi connectivity index (χ1n) is 9.59. The number of hydrogen-bond donors (Lipinski definition) is 2. The number of aliphatic hydroxyl groups is 1. The molecule has 0 radical (unpaired) electrons. The number of aromatic nitrogens is 3. The van der Waals surface area contributed by atoms with Crippen LogP contribution in [-0.2, 0) is 16.5 Å². The molecule has 0 unspecified atom stereocenters. The second-order valence-corrected chi connectivity index (χ2v) is 8.63. The van der Waals surface area contributed by atoms with E-state index < -0.39 is 23.1 Å². The molecule has 0 amide bonds. The molecule has 3 fully saturated rings. The van der Waals surface area contributed by atoms with E-state index in [1.807, 2.05) is 17.7 Å². The van der Waals surface area contributed by atoms with Crippen molar-refractivity contribution in [1.82, 2.24) is 14.8 Å². The highest BCUT2D eigenvalue weighted by Gasteiger charge is 2.59. The largest absolute Gasteiger partial charge is 0.507 e. The summed E-state index contributed by atoms with van der Waals surface area (Å²) in [5.74, 6) is -0.489. The van der Waals surface area contributed by atoms with Crippen LogP contribution in [0.3, 0.4) is 0 Å². The summed E-state index contributed by atoms with van der Waals surface area (Å²) in [6.07, 6.45) is -1.45. The van der Waals surface area contributed by atoms with Gasteiger partial charge in [-0.15, -0.1) is 10.2 Å². The molecule has 2 aliphatic heterocycles. The number of fused-ring (bicyclic) bond motifs is 3. The standard InChI is InChI=1S/C21H20F3N3O3/c1-11-3-13(21(22,23)24)4-16(28)17(11)15-5-14-12(2)6-27(18(14)26-25-15)19-7-20(29,8-19)10-30-9-19/h3-6,28-29H,7-10H2,1-2H3. The number of rotatable bonds is 2. The Hall–Kier alpha value is -2.65. The number of aryl methyl sites for hydroxylation is 2. The predicted molar refractivity (Wildman–Crippen MR) is 102 cm³/mol. The number of alkyl halides is 3. The maximum Gasteiger partial charge on any atom is 0.416 e. The molecule has 4 heterocycles. The maximum atomic E-state index is 13.0. The zero-order chi connectivity index (χ0) is 21.5. The van der Waals surface area contributed by atoms with Crippen molar-refractivity contribution in [2.24, 2.45) is 0 Å². The molecular weight excluding hydrogens is 399 g/mol. The van der Waals surface area contributed by atoms with Crippen LogP contribution < -0.4 is 0 Å². The highest BCUT2D eigenvalue weighted by atomic mass is 19.4. The number of phenolic OH excluding ortho intramolecular Hbond substituents is 1. The normalized spacial score (nSPS) is 26.1. The highest BCUT2D eigenvalue weighted by Crippen LogP contribution is 2.52. The molecule has 9 heteroatoms. The molecule has 1 aromatic carbocycles. The summed E-state index contributed by atoms with van der Waals surface area (Å²) < 4.78 is 46.6. The molecule has 6 rings (SSSR count). The van der Waals surface area contributed by atoms with Crippen molar-refractivity contribution in [3.8, 4) is 17.0 Å². The topological polar surface area (TPSA) is 80.4 Å². The molecule has 30 heavy (non-hydrogen) atoms. The zero-order valence-corrected chi connectivity index (χ0v) is 16.4. The Kier molecular flexibility index (Phi) is 3.83. The molecule has 2 N–H and O–H groups in total. The van der Waals surface area contributed by atoms with Gasteiger partial charge in [-0.3, -0.25) is 0 Å². The molecular formula is C21H20F3N3O3. The maximum absolute atomic E-state index is 13.0. The van der Waals surface area contributed by atoms with E-state index in [0.29, 0.717) is 43.5 Å². The fourth-order valence-electron chi connectivity index (χ4n) is 4.98. The minimum atomic E-state index is -4.55. The van der Waals surface area contributed by atoms with Crippen LogP contribution in [0.1, 0.15) is 29.5 Å². The number of nitrogens with zero attached hydrogens (tertiary/aromatic N) is 3. The van der Waals surface area contributed by atoms with Gasteiger partial charge in [-0.25, -0.2) is 0 Å². The number of phenols is 1. The lowest BCUT2D eigenvalue weighted by Crippen LogP contribution is -2.66. The van der Waals surface area contributed by atoms with Gasteiger partial charge in [0, 0.05) is 30.0 Å². The molecule has 1 aliphatic carbocycles. The molecule has 0 spiro atoms. The second-order valence-electron chi connectivity index (χ2n) is 8.63. The first-order chi connectivity index (χ1) is 14.0. The van der Waals surface area contributed by atoms with E-state index in [-0.39, 0.29) is 16.7 Å². The van der Waals surface area contributed by atoms with Gasteiger partial charge >= 0.3 is 6.18 Å². The molecule has 2 aromatic heterocycles. The van der Waals surface area contributed by atoms with Gasteiger partial charge in [-0.1, -0.05) is 0 Å². The number of aromatic hydroxyl groups is 1. The summed E-state index contributed by atoms with van der Waals surface area (Å²) in [5.41, 5.74) is 0.231. The molecule has 1 saturated carbocycles. The van der Waals surface area contributed by atoms with Gasteiger partial charge in [0.1, 0.15) is 5.75 Å². The number of benzene rings is 1. The number of hydrogen-bond acceptors (Lipinski definition) is 5. The van der Waals surface area contributed by atoms with E-state index in [2.05, 4.69) is 10.2 Å². The monoisotopic (exact) mass is 419 g/mol. The van der Waals surface area contributed by atoms with E-state index >= 15 is 0 Å². The van der Waals surface area contributed by atoms with Gasteiger partial charge in [0.15, 0.2) is 5.65 Å². The lowest BCUT2D eigenvalue weighted by atomic mass is 9.63. The molecule has 3 aromatic rings. The quantitative estimate of drug-likeness (QED) is 0.662. The van der Waals surface area contributed by atoms with Crippen LogP contribution >= 0.6 is 0 Å². The number of halogens is 3. The fourth-order valence-corrected chi connectivity index (χ4v) is 4.98. The van der Waals surface area contributed by atoms with Crippen LogP contribution in [-0.4, -0.2) is 43.8 Å². The average molecular weight is 419 g/mol. The predicted octanol–water partition coefficient (Wildman–Crippen LogP) is 3.69. The SMILES string of the molecule is Cc1cc(C(F)(F)F)cc(O)c1-c1cc2c(C)cn(C34COCC(O)(C3)C4)c2nn1.